The molecule has 0 aromatic carbocycles. The summed E-state index contributed by atoms with van der Waals surface area (Å²) in [6, 6.07) is 0. The van der Waals surface area contributed by atoms with Gasteiger partial charge in [0, 0.05) is 24.7 Å². The van der Waals surface area contributed by atoms with Crippen molar-refractivity contribution in [1.29, 1.82) is 0 Å². The Hall–Kier alpha value is -1.50. The maximum atomic E-state index is 6.22. The molecule has 2 saturated heterocycles. The number of anilines is 1. The van der Waals surface area contributed by atoms with Crippen molar-refractivity contribution in [2.45, 2.75) is 6.92 Å². The SMILES string of the molecule is Cc1c(Cl)cnc2sc3c(N4CC5(COC5)C4)ncnc3c12. The molecule has 5 rings (SSSR count). The number of hydrogen-bond donors (Lipinski definition) is 0. The molecule has 1 spiro atoms. The molecule has 0 N–H and O–H groups in total. The van der Waals surface area contributed by atoms with Crippen molar-refractivity contribution in [2.75, 3.05) is 31.2 Å². The monoisotopic (exact) mass is 332 g/mol. The van der Waals surface area contributed by atoms with Crippen LogP contribution in [0, 0.1) is 12.3 Å². The van der Waals surface area contributed by atoms with E-state index in [4.69, 9.17) is 16.3 Å². The first kappa shape index (κ1) is 13.0. The molecule has 0 atom stereocenters. The second-order valence-electron chi connectivity index (χ2n) is 6.24. The van der Waals surface area contributed by atoms with Crippen LogP contribution in [0.1, 0.15) is 5.56 Å². The lowest BCUT2D eigenvalue weighted by Crippen LogP contribution is -2.66. The second kappa shape index (κ2) is 4.28. The maximum Gasteiger partial charge on any atom is 0.150 e. The van der Waals surface area contributed by atoms with Crippen LogP contribution in [0.5, 0.6) is 0 Å². The number of nitrogens with zero attached hydrogens (tertiary/aromatic N) is 4. The summed E-state index contributed by atoms with van der Waals surface area (Å²) in [4.78, 5) is 16.8. The van der Waals surface area contributed by atoms with Gasteiger partial charge < -0.3 is 9.64 Å². The number of halogens is 1. The largest absolute Gasteiger partial charge is 0.380 e. The Kier molecular flexibility index (Phi) is 2.52. The molecule has 3 aromatic rings. The molecule has 2 aliphatic heterocycles. The molecular weight excluding hydrogens is 320 g/mol. The zero-order valence-electron chi connectivity index (χ0n) is 12.0. The van der Waals surface area contributed by atoms with Crippen LogP contribution in [0.25, 0.3) is 20.4 Å². The van der Waals surface area contributed by atoms with Gasteiger partial charge in [0.2, 0.25) is 0 Å². The minimum absolute atomic E-state index is 0.366. The number of pyridine rings is 1. The van der Waals surface area contributed by atoms with Crippen molar-refractivity contribution in [3.05, 3.63) is 23.1 Å². The molecule has 0 unspecified atom stereocenters. The third kappa shape index (κ3) is 1.60. The third-order valence-corrected chi connectivity index (χ3v) is 6.10. The van der Waals surface area contributed by atoms with E-state index in [2.05, 4.69) is 19.9 Å². The molecule has 112 valence electrons. The van der Waals surface area contributed by atoms with E-state index >= 15 is 0 Å². The summed E-state index contributed by atoms with van der Waals surface area (Å²) in [5.74, 6) is 1.01. The molecule has 2 aliphatic rings. The number of aryl methyl sites for hydroxylation is 1. The van der Waals surface area contributed by atoms with E-state index in [0.29, 0.717) is 10.4 Å². The molecule has 7 heteroatoms. The van der Waals surface area contributed by atoms with Crippen LogP contribution < -0.4 is 4.90 Å². The molecule has 5 heterocycles. The smallest absolute Gasteiger partial charge is 0.150 e. The Morgan fingerprint density at radius 2 is 2.09 bits per heavy atom. The highest BCUT2D eigenvalue weighted by Gasteiger charge is 2.49. The minimum atomic E-state index is 0.366. The van der Waals surface area contributed by atoms with Gasteiger partial charge in [-0.1, -0.05) is 11.6 Å². The number of hydrogen-bond acceptors (Lipinski definition) is 6. The van der Waals surface area contributed by atoms with Crippen molar-refractivity contribution in [2.24, 2.45) is 5.41 Å². The topological polar surface area (TPSA) is 51.1 Å². The van der Waals surface area contributed by atoms with Gasteiger partial charge in [0.25, 0.3) is 0 Å². The van der Waals surface area contributed by atoms with Crippen LogP contribution in [0.2, 0.25) is 5.02 Å². The maximum absolute atomic E-state index is 6.22. The quantitative estimate of drug-likeness (QED) is 0.685. The van der Waals surface area contributed by atoms with E-state index in [1.807, 2.05) is 6.92 Å². The van der Waals surface area contributed by atoms with Crippen molar-refractivity contribution in [3.63, 3.8) is 0 Å². The third-order valence-electron chi connectivity index (χ3n) is 4.63. The van der Waals surface area contributed by atoms with Gasteiger partial charge in [-0.15, -0.1) is 11.3 Å². The summed E-state index contributed by atoms with van der Waals surface area (Å²) in [6.07, 6.45) is 3.36. The molecule has 0 radical (unpaired) electrons. The first-order chi connectivity index (χ1) is 10.7. The molecule has 22 heavy (non-hydrogen) atoms. The van der Waals surface area contributed by atoms with Gasteiger partial charge in [0.05, 0.1) is 33.9 Å². The van der Waals surface area contributed by atoms with Crippen LogP contribution in [-0.4, -0.2) is 41.3 Å². The van der Waals surface area contributed by atoms with Gasteiger partial charge in [-0.2, -0.15) is 0 Å². The molecular formula is C15H13ClN4OS. The van der Waals surface area contributed by atoms with E-state index in [-0.39, 0.29) is 0 Å². The van der Waals surface area contributed by atoms with Crippen LogP contribution in [-0.2, 0) is 4.74 Å². The summed E-state index contributed by atoms with van der Waals surface area (Å²) < 4.78 is 6.45. The highest BCUT2D eigenvalue weighted by molar-refractivity contribution is 7.26. The average molecular weight is 333 g/mol. The first-order valence-electron chi connectivity index (χ1n) is 7.18. The summed E-state index contributed by atoms with van der Waals surface area (Å²) in [5, 5.41) is 1.74. The predicted octanol–water partition coefficient (Wildman–Crippen LogP) is 3.04. The lowest BCUT2D eigenvalue weighted by atomic mass is 9.78. The van der Waals surface area contributed by atoms with E-state index in [1.54, 1.807) is 23.9 Å². The fraction of sp³-hybridized carbons (Fsp3) is 0.400. The van der Waals surface area contributed by atoms with Crippen LogP contribution in [0.3, 0.4) is 0 Å². The Balaban J connectivity index is 1.68. The fourth-order valence-electron chi connectivity index (χ4n) is 3.36. The predicted molar refractivity (Wildman–Crippen MR) is 87.9 cm³/mol. The van der Waals surface area contributed by atoms with E-state index in [0.717, 1.165) is 58.1 Å². The van der Waals surface area contributed by atoms with E-state index in [1.165, 1.54) is 0 Å². The summed E-state index contributed by atoms with van der Waals surface area (Å²) in [6.45, 7) is 5.80. The lowest BCUT2D eigenvalue weighted by molar-refractivity contribution is -0.127. The van der Waals surface area contributed by atoms with Crippen molar-refractivity contribution >= 4 is 49.2 Å². The van der Waals surface area contributed by atoms with Crippen LogP contribution >= 0.6 is 22.9 Å². The Morgan fingerprint density at radius 1 is 1.27 bits per heavy atom. The molecule has 0 saturated carbocycles. The number of ether oxygens (including phenoxy) is 1. The van der Waals surface area contributed by atoms with Gasteiger partial charge in [0.1, 0.15) is 17.0 Å². The molecule has 0 amide bonds. The second-order valence-corrected chi connectivity index (χ2v) is 7.64. The fourth-order valence-corrected chi connectivity index (χ4v) is 4.68. The number of rotatable bonds is 1. The first-order valence-corrected chi connectivity index (χ1v) is 8.37. The lowest BCUT2D eigenvalue weighted by Gasteiger charge is -2.55. The Morgan fingerprint density at radius 3 is 2.82 bits per heavy atom. The standard InChI is InChI=1S/C15H13ClN4OS/c1-8-9(16)2-17-14-10(8)11-12(22-14)13(19-7-18-11)20-3-15(4-20)5-21-6-15/h2,7H,3-6H2,1H3. The molecule has 2 fully saturated rings. The minimum Gasteiger partial charge on any atom is -0.380 e. The van der Waals surface area contributed by atoms with Crippen molar-refractivity contribution in [3.8, 4) is 0 Å². The Bertz CT molecular complexity index is 913. The van der Waals surface area contributed by atoms with Crippen molar-refractivity contribution in [1.82, 2.24) is 15.0 Å². The number of aromatic nitrogens is 3. The molecule has 0 aliphatic carbocycles. The van der Waals surface area contributed by atoms with E-state index < -0.39 is 0 Å². The van der Waals surface area contributed by atoms with Gasteiger partial charge in [-0.05, 0) is 12.5 Å². The van der Waals surface area contributed by atoms with Crippen LogP contribution in [0.4, 0.5) is 5.82 Å². The van der Waals surface area contributed by atoms with Gasteiger partial charge >= 0.3 is 0 Å². The van der Waals surface area contributed by atoms with Crippen molar-refractivity contribution < 1.29 is 4.74 Å². The zero-order valence-corrected chi connectivity index (χ0v) is 13.5. The van der Waals surface area contributed by atoms with Crippen LogP contribution in [0.15, 0.2) is 12.5 Å². The van der Waals surface area contributed by atoms with Gasteiger partial charge in [-0.25, -0.2) is 15.0 Å². The zero-order chi connectivity index (χ0) is 14.9. The highest BCUT2D eigenvalue weighted by Crippen LogP contribution is 2.44. The number of thiophene rings is 1. The van der Waals surface area contributed by atoms with Gasteiger partial charge in [-0.3, -0.25) is 0 Å². The Labute approximate surface area is 135 Å². The molecule has 0 bridgehead atoms. The average Bonchev–Trinajstić information content (AvgIpc) is 2.80. The molecule has 3 aromatic heterocycles. The van der Waals surface area contributed by atoms with E-state index in [9.17, 15) is 0 Å². The summed E-state index contributed by atoms with van der Waals surface area (Å²) >= 11 is 7.87. The highest BCUT2D eigenvalue weighted by atomic mass is 35.5. The normalized spacial score (nSPS) is 19.6. The number of fused-ring (bicyclic) bond motifs is 3. The summed E-state index contributed by atoms with van der Waals surface area (Å²) in [7, 11) is 0. The molecule has 5 nitrogen and oxygen atoms in total. The van der Waals surface area contributed by atoms with Gasteiger partial charge in [0.15, 0.2) is 0 Å². The summed E-state index contributed by atoms with van der Waals surface area (Å²) in [5.41, 5.74) is 2.36.